The number of nitro benzene ring substituents is 1. The molecule has 2 heterocycles. The average molecular weight is 488 g/mol. The van der Waals surface area contributed by atoms with E-state index in [-0.39, 0.29) is 23.5 Å². The molecule has 0 aromatic heterocycles. The number of ether oxygens (including phenoxy) is 1. The van der Waals surface area contributed by atoms with Crippen molar-refractivity contribution in [3.05, 3.63) is 39.9 Å². The van der Waals surface area contributed by atoms with Crippen molar-refractivity contribution in [2.45, 2.75) is 38.1 Å². The van der Waals surface area contributed by atoms with Gasteiger partial charge in [-0.3, -0.25) is 29.5 Å². The summed E-state index contributed by atoms with van der Waals surface area (Å²) >= 11 is 0. The van der Waals surface area contributed by atoms with Crippen LogP contribution in [-0.2, 0) is 9.53 Å². The summed E-state index contributed by atoms with van der Waals surface area (Å²) in [7, 11) is 0. The molecule has 2 amide bonds. The van der Waals surface area contributed by atoms with E-state index in [4.69, 9.17) is 4.74 Å². The monoisotopic (exact) mass is 487 g/mol. The number of nitrogens with zero attached hydrogens (tertiary/aromatic N) is 4. The second-order valence-electron chi connectivity index (χ2n) is 9.72. The van der Waals surface area contributed by atoms with Crippen molar-refractivity contribution in [2.24, 2.45) is 5.92 Å². The van der Waals surface area contributed by atoms with Gasteiger partial charge in [0.25, 0.3) is 11.6 Å². The lowest BCUT2D eigenvalue weighted by Crippen LogP contribution is -2.58. The molecule has 0 unspecified atom stereocenters. The molecule has 192 valence electrons. The predicted octanol–water partition coefficient (Wildman–Crippen LogP) is 1.75. The van der Waals surface area contributed by atoms with Gasteiger partial charge in [-0.2, -0.15) is 0 Å². The van der Waals surface area contributed by atoms with E-state index in [0.717, 1.165) is 52.1 Å². The fourth-order valence-electron chi connectivity index (χ4n) is 5.51. The number of nitrogens with one attached hydrogen (secondary N) is 1. The maximum absolute atomic E-state index is 13.3. The van der Waals surface area contributed by atoms with Crippen LogP contribution in [0.3, 0.4) is 0 Å². The lowest BCUT2D eigenvalue weighted by Gasteiger charge is -2.40. The third kappa shape index (κ3) is 6.77. The van der Waals surface area contributed by atoms with E-state index >= 15 is 0 Å². The first kappa shape index (κ1) is 25.5. The molecule has 1 N–H and O–H groups in total. The summed E-state index contributed by atoms with van der Waals surface area (Å²) in [6.07, 6.45) is 5.43. The number of morpholine rings is 1. The van der Waals surface area contributed by atoms with Crippen LogP contribution in [0.1, 0.15) is 42.5 Å². The highest BCUT2D eigenvalue weighted by Crippen LogP contribution is 2.31. The zero-order valence-corrected chi connectivity index (χ0v) is 20.4. The summed E-state index contributed by atoms with van der Waals surface area (Å²) in [5.41, 5.74) is 0.427. The van der Waals surface area contributed by atoms with Gasteiger partial charge in [0.2, 0.25) is 5.91 Å². The first-order chi connectivity index (χ1) is 17.0. The molecule has 2 saturated heterocycles. The zero-order chi connectivity index (χ0) is 24.6. The maximum atomic E-state index is 13.3. The van der Waals surface area contributed by atoms with Gasteiger partial charge in [0, 0.05) is 63.5 Å². The van der Waals surface area contributed by atoms with Crippen molar-refractivity contribution < 1.29 is 19.2 Å². The van der Waals surface area contributed by atoms with E-state index < -0.39 is 4.92 Å². The third-order valence-corrected chi connectivity index (χ3v) is 7.49. The summed E-state index contributed by atoms with van der Waals surface area (Å²) in [5.74, 6) is 0.365. The number of benzene rings is 1. The average Bonchev–Trinajstić information content (AvgIpc) is 3.42. The summed E-state index contributed by atoms with van der Waals surface area (Å²) < 4.78 is 5.39. The maximum Gasteiger partial charge on any atom is 0.269 e. The minimum atomic E-state index is -0.468. The normalized spacial score (nSPS) is 21.1. The highest BCUT2D eigenvalue weighted by atomic mass is 16.6. The van der Waals surface area contributed by atoms with Gasteiger partial charge in [0.15, 0.2) is 0 Å². The van der Waals surface area contributed by atoms with E-state index in [1.165, 1.54) is 37.1 Å². The summed E-state index contributed by atoms with van der Waals surface area (Å²) in [6, 6.07) is 5.61. The van der Waals surface area contributed by atoms with Crippen molar-refractivity contribution in [3.8, 4) is 0 Å². The lowest BCUT2D eigenvalue weighted by atomic mass is 9.95. The van der Waals surface area contributed by atoms with Gasteiger partial charge in [0.1, 0.15) is 0 Å². The zero-order valence-electron chi connectivity index (χ0n) is 20.4. The molecule has 0 spiro atoms. The Morgan fingerprint density at radius 3 is 2.31 bits per heavy atom. The van der Waals surface area contributed by atoms with Gasteiger partial charge in [-0.25, -0.2) is 0 Å². The Hall–Kier alpha value is -2.56. The van der Waals surface area contributed by atoms with E-state index in [1.54, 1.807) is 4.90 Å². The fourth-order valence-corrected chi connectivity index (χ4v) is 5.51. The molecule has 1 aliphatic carbocycles. The van der Waals surface area contributed by atoms with Gasteiger partial charge in [-0.15, -0.1) is 0 Å². The molecule has 1 atom stereocenters. The predicted molar refractivity (Wildman–Crippen MR) is 131 cm³/mol. The number of non-ortho nitro benzene ring substituents is 1. The number of hydrogen-bond acceptors (Lipinski definition) is 7. The minimum Gasteiger partial charge on any atom is -0.379 e. The molecule has 1 aromatic rings. The molecule has 35 heavy (non-hydrogen) atoms. The Bertz CT molecular complexity index is 860. The molecule has 1 saturated carbocycles. The Morgan fingerprint density at radius 1 is 1.03 bits per heavy atom. The van der Waals surface area contributed by atoms with Crippen LogP contribution in [0.25, 0.3) is 0 Å². The number of nitro groups is 1. The molecule has 3 aliphatic rings. The minimum absolute atomic E-state index is 0.0262. The van der Waals surface area contributed by atoms with Crippen LogP contribution in [0.15, 0.2) is 24.3 Å². The van der Waals surface area contributed by atoms with Crippen LogP contribution in [0.4, 0.5) is 5.69 Å². The Balaban J connectivity index is 1.28. The van der Waals surface area contributed by atoms with Crippen molar-refractivity contribution >= 4 is 17.5 Å². The number of amides is 2. The second kappa shape index (κ2) is 12.4. The first-order valence-electron chi connectivity index (χ1n) is 12.9. The van der Waals surface area contributed by atoms with E-state index in [9.17, 15) is 19.7 Å². The molecule has 0 bridgehead atoms. The smallest absolute Gasteiger partial charge is 0.269 e. The van der Waals surface area contributed by atoms with Crippen LogP contribution in [0, 0.1) is 16.0 Å². The van der Waals surface area contributed by atoms with E-state index in [1.807, 2.05) is 0 Å². The SMILES string of the molecule is O=C(NCCCN1CCOCC1)[C@@H](C1CCCC1)N1CCN(C(=O)c2ccc([N+](=O)[O-])cc2)CC1. The van der Waals surface area contributed by atoms with Crippen molar-refractivity contribution in [3.63, 3.8) is 0 Å². The quantitative estimate of drug-likeness (QED) is 0.321. The van der Waals surface area contributed by atoms with E-state index in [2.05, 4.69) is 15.1 Å². The molecule has 3 fully saturated rings. The fraction of sp³-hybridized carbons (Fsp3) is 0.680. The molecule has 4 rings (SSSR count). The van der Waals surface area contributed by atoms with Crippen LogP contribution in [0.2, 0.25) is 0 Å². The van der Waals surface area contributed by atoms with Crippen molar-refractivity contribution in [1.82, 2.24) is 20.0 Å². The number of hydrogen-bond donors (Lipinski definition) is 1. The van der Waals surface area contributed by atoms with Gasteiger partial charge in [-0.05, 0) is 43.9 Å². The van der Waals surface area contributed by atoms with Gasteiger partial charge < -0.3 is 15.0 Å². The summed E-state index contributed by atoms with van der Waals surface area (Å²) in [6.45, 7) is 7.54. The van der Waals surface area contributed by atoms with Gasteiger partial charge in [-0.1, -0.05) is 12.8 Å². The van der Waals surface area contributed by atoms with Gasteiger partial charge in [0.05, 0.1) is 24.2 Å². The summed E-state index contributed by atoms with van der Waals surface area (Å²) in [5, 5.41) is 14.1. The number of rotatable bonds is 9. The number of carbonyl (C=O) groups is 2. The Morgan fingerprint density at radius 2 is 1.69 bits per heavy atom. The molecular weight excluding hydrogens is 450 g/mol. The number of carbonyl (C=O) groups excluding carboxylic acids is 2. The summed E-state index contributed by atoms with van der Waals surface area (Å²) in [4.78, 5) is 43.0. The largest absolute Gasteiger partial charge is 0.379 e. The highest BCUT2D eigenvalue weighted by molar-refractivity contribution is 5.94. The molecule has 10 nitrogen and oxygen atoms in total. The molecule has 10 heteroatoms. The standard InChI is InChI=1S/C25H37N5O5/c31-24(26-10-3-11-27-16-18-35-19-17-27)23(20-4-1-2-5-20)28-12-14-29(15-13-28)25(32)21-6-8-22(9-7-21)30(33)34/h6-9,20,23H,1-5,10-19H2,(H,26,31)/t23-/m1/s1. The van der Waals surface area contributed by atoms with Crippen LogP contribution in [-0.4, -0.2) is 103 Å². The van der Waals surface area contributed by atoms with E-state index in [0.29, 0.717) is 44.2 Å². The number of piperazine rings is 1. The highest BCUT2D eigenvalue weighted by Gasteiger charge is 2.37. The van der Waals surface area contributed by atoms with Gasteiger partial charge >= 0.3 is 0 Å². The second-order valence-corrected chi connectivity index (χ2v) is 9.72. The Labute approximate surface area is 206 Å². The lowest BCUT2D eigenvalue weighted by molar-refractivity contribution is -0.384. The van der Waals surface area contributed by atoms with Crippen molar-refractivity contribution in [1.29, 1.82) is 0 Å². The third-order valence-electron chi connectivity index (χ3n) is 7.49. The molecular formula is C25H37N5O5. The Kier molecular flexibility index (Phi) is 9.06. The topological polar surface area (TPSA) is 108 Å². The first-order valence-corrected chi connectivity index (χ1v) is 12.9. The molecule has 2 aliphatic heterocycles. The van der Waals surface area contributed by atoms with Crippen molar-refractivity contribution in [2.75, 3.05) is 65.6 Å². The van der Waals surface area contributed by atoms with Crippen LogP contribution in [0.5, 0.6) is 0 Å². The van der Waals surface area contributed by atoms with Crippen LogP contribution < -0.4 is 5.32 Å². The van der Waals surface area contributed by atoms with Crippen LogP contribution >= 0.6 is 0 Å². The molecule has 0 radical (unpaired) electrons. The molecule has 1 aromatic carbocycles.